The second-order valence-electron chi connectivity index (χ2n) is 6.21. The molecule has 1 aliphatic heterocycles. The number of rotatable bonds is 2. The summed E-state index contributed by atoms with van der Waals surface area (Å²) in [5, 5.41) is 10.1. The van der Waals surface area contributed by atoms with E-state index in [1.807, 2.05) is 0 Å². The zero-order chi connectivity index (χ0) is 14.2. The number of anilines is 1. The van der Waals surface area contributed by atoms with Crippen molar-refractivity contribution in [2.75, 3.05) is 18.0 Å². The molecule has 1 fully saturated rings. The monoisotopic (exact) mass is 282 g/mol. The van der Waals surface area contributed by atoms with Crippen LogP contribution >= 0.6 is 0 Å². The van der Waals surface area contributed by atoms with E-state index in [4.69, 9.17) is 0 Å². The fourth-order valence-electron chi connectivity index (χ4n) is 3.71. The van der Waals surface area contributed by atoms with Crippen LogP contribution in [0.2, 0.25) is 0 Å². The van der Waals surface area contributed by atoms with Crippen LogP contribution in [0, 0.1) is 0 Å². The molecular formula is C18H22N2O. The lowest BCUT2D eigenvalue weighted by Crippen LogP contribution is -2.17. The summed E-state index contributed by atoms with van der Waals surface area (Å²) >= 11 is 0. The molecule has 1 saturated heterocycles. The van der Waals surface area contributed by atoms with Gasteiger partial charge in [-0.25, -0.2) is 0 Å². The highest BCUT2D eigenvalue weighted by molar-refractivity contribution is 5.52. The zero-order valence-corrected chi connectivity index (χ0v) is 12.3. The minimum atomic E-state index is -0.279. The molecule has 1 atom stereocenters. The molecule has 0 spiro atoms. The summed E-state index contributed by atoms with van der Waals surface area (Å²) in [5.41, 5.74) is 4.93. The molecule has 1 N–H and O–H groups in total. The Morgan fingerprint density at radius 3 is 2.38 bits per heavy atom. The molecule has 2 heterocycles. The first-order valence-corrected chi connectivity index (χ1v) is 8.06. The molecule has 1 unspecified atom stereocenters. The molecule has 2 aliphatic rings. The number of aliphatic hydroxyl groups is 1. The highest BCUT2D eigenvalue weighted by Gasteiger charge is 2.21. The predicted octanol–water partition coefficient (Wildman–Crippen LogP) is 3.45. The van der Waals surface area contributed by atoms with Gasteiger partial charge in [-0.15, -0.1) is 0 Å². The Labute approximate surface area is 125 Å². The van der Waals surface area contributed by atoms with Gasteiger partial charge >= 0.3 is 0 Å². The molecular weight excluding hydrogens is 260 g/mol. The third kappa shape index (κ3) is 2.26. The maximum Gasteiger partial charge on any atom is 0.0807 e. The molecule has 1 aliphatic carbocycles. The Morgan fingerprint density at radius 1 is 0.905 bits per heavy atom. The van der Waals surface area contributed by atoms with Gasteiger partial charge in [-0.1, -0.05) is 0 Å². The average Bonchev–Trinajstić information content (AvgIpc) is 3.18. The molecule has 1 aromatic heterocycles. The molecule has 0 bridgehead atoms. The SMILES string of the molecule is OC1CCCc2c1ccn2-c1ccc(N2CCCC2)cc1. The van der Waals surface area contributed by atoms with Gasteiger partial charge in [0.2, 0.25) is 0 Å². The lowest BCUT2D eigenvalue weighted by Gasteiger charge is -2.21. The van der Waals surface area contributed by atoms with Crippen molar-refractivity contribution in [1.29, 1.82) is 0 Å². The third-order valence-corrected chi connectivity index (χ3v) is 4.88. The summed E-state index contributed by atoms with van der Waals surface area (Å²) in [4.78, 5) is 2.46. The van der Waals surface area contributed by atoms with Gasteiger partial charge in [-0.2, -0.15) is 0 Å². The first-order valence-electron chi connectivity index (χ1n) is 8.06. The van der Waals surface area contributed by atoms with E-state index in [-0.39, 0.29) is 6.10 Å². The molecule has 110 valence electrons. The number of benzene rings is 1. The predicted molar refractivity (Wildman–Crippen MR) is 85.1 cm³/mol. The Bertz CT molecular complexity index is 623. The summed E-state index contributed by atoms with van der Waals surface area (Å²) in [6.45, 7) is 2.37. The van der Waals surface area contributed by atoms with Crippen molar-refractivity contribution in [2.45, 2.75) is 38.2 Å². The van der Waals surface area contributed by atoms with Crippen LogP contribution in [0.15, 0.2) is 36.5 Å². The van der Waals surface area contributed by atoms with Gasteiger partial charge in [0.25, 0.3) is 0 Å². The van der Waals surface area contributed by atoms with Gasteiger partial charge in [0.15, 0.2) is 0 Å². The Hall–Kier alpha value is -1.74. The van der Waals surface area contributed by atoms with E-state index in [1.165, 1.54) is 43.0 Å². The molecule has 1 aromatic carbocycles. The maximum absolute atomic E-state index is 10.1. The van der Waals surface area contributed by atoms with Crippen molar-refractivity contribution in [3.05, 3.63) is 47.8 Å². The molecule has 4 rings (SSSR count). The Kier molecular flexibility index (Phi) is 3.23. The molecule has 3 nitrogen and oxygen atoms in total. The van der Waals surface area contributed by atoms with Crippen molar-refractivity contribution in [3.8, 4) is 5.69 Å². The van der Waals surface area contributed by atoms with Crippen molar-refractivity contribution < 1.29 is 5.11 Å². The van der Waals surface area contributed by atoms with Crippen LogP contribution in [0.3, 0.4) is 0 Å². The smallest absolute Gasteiger partial charge is 0.0807 e. The van der Waals surface area contributed by atoms with Crippen molar-refractivity contribution in [3.63, 3.8) is 0 Å². The molecule has 21 heavy (non-hydrogen) atoms. The van der Waals surface area contributed by atoms with Gasteiger partial charge in [0, 0.05) is 41.9 Å². The van der Waals surface area contributed by atoms with Gasteiger partial charge in [-0.3, -0.25) is 0 Å². The van der Waals surface area contributed by atoms with Crippen LogP contribution in [0.4, 0.5) is 5.69 Å². The molecule has 3 heteroatoms. The van der Waals surface area contributed by atoms with Gasteiger partial charge in [0.05, 0.1) is 6.10 Å². The summed E-state index contributed by atoms with van der Waals surface area (Å²) in [6.07, 6.45) is 7.47. The quantitative estimate of drug-likeness (QED) is 0.914. The van der Waals surface area contributed by atoms with Gasteiger partial charge in [-0.05, 0) is 62.4 Å². The van der Waals surface area contributed by atoms with Crippen molar-refractivity contribution in [1.82, 2.24) is 4.57 Å². The van der Waals surface area contributed by atoms with Crippen LogP contribution in [0.1, 0.15) is 43.0 Å². The van der Waals surface area contributed by atoms with E-state index < -0.39 is 0 Å². The Morgan fingerprint density at radius 2 is 1.62 bits per heavy atom. The minimum Gasteiger partial charge on any atom is -0.388 e. The maximum atomic E-state index is 10.1. The number of fused-ring (bicyclic) bond motifs is 1. The highest BCUT2D eigenvalue weighted by Crippen LogP contribution is 2.32. The highest BCUT2D eigenvalue weighted by atomic mass is 16.3. The molecule has 2 aromatic rings. The lowest BCUT2D eigenvalue weighted by atomic mass is 9.95. The van der Waals surface area contributed by atoms with E-state index in [0.717, 1.165) is 24.8 Å². The van der Waals surface area contributed by atoms with E-state index in [9.17, 15) is 5.11 Å². The van der Waals surface area contributed by atoms with E-state index in [2.05, 4.69) is 46.0 Å². The van der Waals surface area contributed by atoms with Crippen molar-refractivity contribution in [2.24, 2.45) is 0 Å². The second-order valence-corrected chi connectivity index (χ2v) is 6.21. The lowest BCUT2D eigenvalue weighted by molar-refractivity contribution is 0.156. The summed E-state index contributed by atoms with van der Waals surface area (Å²) in [6, 6.07) is 10.9. The van der Waals surface area contributed by atoms with Gasteiger partial charge in [0.1, 0.15) is 0 Å². The topological polar surface area (TPSA) is 28.4 Å². The summed E-state index contributed by atoms with van der Waals surface area (Å²) < 4.78 is 2.24. The first-order chi connectivity index (χ1) is 10.3. The Balaban J connectivity index is 1.64. The van der Waals surface area contributed by atoms with Crippen LogP contribution in [0.25, 0.3) is 5.69 Å². The first kappa shape index (κ1) is 13.0. The zero-order valence-electron chi connectivity index (χ0n) is 12.3. The normalized spacial score (nSPS) is 21.6. The number of nitrogens with zero attached hydrogens (tertiary/aromatic N) is 2. The van der Waals surface area contributed by atoms with E-state index >= 15 is 0 Å². The number of aliphatic hydroxyl groups excluding tert-OH is 1. The summed E-state index contributed by atoms with van der Waals surface area (Å²) in [5.74, 6) is 0. The largest absolute Gasteiger partial charge is 0.388 e. The number of aromatic nitrogens is 1. The molecule has 0 amide bonds. The van der Waals surface area contributed by atoms with Crippen molar-refractivity contribution >= 4 is 5.69 Å². The van der Waals surface area contributed by atoms with Crippen LogP contribution in [-0.2, 0) is 6.42 Å². The van der Waals surface area contributed by atoms with E-state index in [0.29, 0.717) is 0 Å². The molecule has 0 radical (unpaired) electrons. The fourth-order valence-corrected chi connectivity index (χ4v) is 3.71. The van der Waals surface area contributed by atoms with Crippen LogP contribution in [0.5, 0.6) is 0 Å². The minimum absolute atomic E-state index is 0.279. The number of hydrogen-bond acceptors (Lipinski definition) is 2. The van der Waals surface area contributed by atoms with Gasteiger partial charge < -0.3 is 14.6 Å². The second kappa shape index (κ2) is 5.23. The standard InChI is InChI=1S/C18H22N2O/c21-18-5-3-4-17-16(18)10-13-20(17)15-8-6-14(7-9-15)19-11-1-2-12-19/h6-10,13,18,21H,1-5,11-12H2. The molecule has 0 saturated carbocycles. The third-order valence-electron chi connectivity index (χ3n) is 4.88. The van der Waals surface area contributed by atoms with E-state index in [1.54, 1.807) is 0 Å². The average molecular weight is 282 g/mol. The fraction of sp³-hybridized carbons (Fsp3) is 0.444. The van der Waals surface area contributed by atoms with Crippen LogP contribution < -0.4 is 4.90 Å². The number of hydrogen-bond donors (Lipinski definition) is 1. The summed E-state index contributed by atoms with van der Waals surface area (Å²) in [7, 11) is 0. The van der Waals surface area contributed by atoms with Crippen LogP contribution in [-0.4, -0.2) is 22.8 Å².